The molecule has 4 N–H and O–H groups in total. The minimum absolute atomic E-state index is 0.170. The molecule has 0 fully saturated rings. The van der Waals surface area contributed by atoms with E-state index in [2.05, 4.69) is 15.5 Å². The lowest BCUT2D eigenvalue weighted by atomic mass is 10.1. The third kappa shape index (κ3) is 4.17. The lowest BCUT2D eigenvalue weighted by Crippen LogP contribution is -2.26. The number of hydrogen-bond donors (Lipinski definition) is 4. The SMILES string of the molecule is CC(NC(=O)c1ccc(-c2cc(-c3ccc(O)cc3)n[nH]2)cc1)c1ccc(O)cc1. The number of phenols is 2. The second-order valence-electron chi connectivity index (χ2n) is 7.08. The third-order valence-corrected chi connectivity index (χ3v) is 4.94. The van der Waals surface area contributed by atoms with Crippen LogP contribution in [0.3, 0.4) is 0 Å². The number of carbonyl (C=O) groups is 1. The third-order valence-electron chi connectivity index (χ3n) is 4.94. The molecule has 0 saturated carbocycles. The number of phenolic OH excluding ortho intramolecular Hbond substituents is 2. The van der Waals surface area contributed by atoms with Gasteiger partial charge in [-0.2, -0.15) is 5.10 Å². The van der Waals surface area contributed by atoms with Crippen LogP contribution in [0.5, 0.6) is 11.5 Å². The summed E-state index contributed by atoms with van der Waals surface area (Å²) in [6, 6.07) is 22.6. The molecule has 0 aliphatic heterocycles. The number of nitrogens with zero attached hydrogens (tertiary/aromatic N) is 1. The fourth-order valence-corrected chi connectivity index (χ4v) is 3.18. The number of nitrogens with one attached hydrogen (secondary N) is 2. The van der Waals surface area contributed by atoms with Crippen molar-refractivity contribution in [1.82, 2.24) is 15.5 Å². The van der Waals surface area contributed by atoms with E-state index in [1.165, 1.54) is 0 Å². The van der Waals surface area contributed by atoms with Crippen molar-refractivity contribution in [2.24, 2.45) is 0 Å². The molecule has 6 nitrogen and oxygen atoms in total. The van der Waals surface area contributed by atoms with Crippen LogP contribution in [0.2, 0.25) is 0 Å². The van der Waals surface area contributed by atoms with Gasteiger partial charge in [0.25, 0.3) is 5.91 Å². The number of carbonyl (C=O) groups excluding carboxylic acids is 1. The van der Waals surface area contributed by atoms with Gasteiger partial charge in [0.1, 0.15) is 11.5 Å². The topological polar surface area (TPSA) is 98.2 Å². The van der Waals surface area contributed by atoms with Crippen molar-refractivity contribution >= 4 is 5.91 Å². The zero-order valence-corrected chi connectivity index (χ0v) is 16.3. The van der Waals surface area contributed by atoms with Crippen LogP contribution in [0.1, 0.15) is 28.9 Å². The monoisotopic (exact) mass is 399 g/mol. The zero-order chi connectivity index (χ0) is 21.1. The van der Waals surface area contributed by atoms with Crippen LogP contribution in [0.15, 0.2) is 78.9 Å². The Kier molecular flexibility index (Phi) is 5.22. The van der Waals surface area contributed by atoms with Gasteiger partial charge in [0.2, 0.25) is 0 Å². The van der Waals surface area contributed by atoms with Crippen molar-refractivity contribution in [1.29, 1.82) is 0 Å². The first-order valence-electron chi connectivity index (χ1n) is 9.54. The molecule has 0 radical (unpaired) electrons. The Labute approximate surface area is 173 Å². The van der Waals surface area contributed by atoms with Crippen molar-refractivity contribution in [3.8, 4) is 34.0 Å². The molecule has 4 rings (SSSR count). The maximum atomic E-state index is 12.6. The van der Waals surface area contributed by atoms with Crippen molar-refractivity contribution in [3.05, 3.63) is 90.0 Å². The summed E-state index contributed by atoms with van der Waals surface area (Å²) in [5, 5.41) is 29.1. The molecule has 3 aromatic carbocycles. The largest absolute Gasteiger partial charge is 0.508 e. The summed E-state index contributed by atoms with van der Waals surface area (Å²) >= 11 is 0. The lowest BCUT2D eigenvalue weighted by Gasteiger charge is -2.14. The number of hydrogen-bond acceptors (Lipinski definition) is 4. The maximum Gasteiger partial charge on any atom is 0.251 e. The number of aromatic nitrogens is 2. The van der Waals surface area contributed by atoms with Crippen molar-refractivity contribution in [3.63, 3.8) is 0 Å². The average Bonchev–Trinajstić information content (AvgIpc) is 3.25. The molecule has 30 heavy (non-hydrogen) atoms. The summed E-state index contributed by atoms with van der Waals surface area (Å²) in [5.74, 6) is 0.236. The molecular weight excluding hydrogens is 378 g/mol. The van der Waals surface area contributed by atoms with Gasteiger partial charge in [-0.05, 0) is 72.6 Å². The van der Waals surface area contributed by atoms with Crippen molar-refractivity contribution in [2.75, 3.05) is 0 Å². The van der Waals surface area contributed by atoms with Crippen LogP contribution < -0.4 is 5.32 Å². The fourth-order valence-electron chi connectivity index (χ4n) is 3.18. The van der Waals surface area contributed by atoms with Gasteiger partial charge in [-0.25, -0.2) is 0 Å². The van der Waals surface area contributed by atoms with Crippen LogP contribution in [0.25, 0.3) is 22.5 Å². The molecule has 0 spiro atoms. The first-order chi connectivity index (χ1) is 14.5. The van der Waals surface area contributed by atoms with E-state index in [1.54, 1.807) is 60.7 Å². The molecule has 0 saturated heterocycles. The second kappa shape index (κ2) is 8.13. The van der Waals surface area contributed by atoms with Crippen LogP contribution in [0.4, 0.5) is 0 Å². The molecule has 0 aliphatic carbocycles. The quantitative estimate of drug-likeness (QED) is 0.393. The van der Waals surface area contributed by atoms with Gasteiger partial charge in [0.15, 0.2) is 0 Å². The standard InChI is InChI=1S/C24H21N3O3/c1-15(16-6-10-20(28)11-7-16)25-24(30)19-4-2-17(3-5-19)22-14-23(27-26-22)18-8-12-21(29)13-9-18/h2-15,28-29H,1H3,(H,25,30)(H,26,27). The van der Waals surface area contributed by atoms with Gasteiger partial charge in [-0.1, -0.05) is 24.3 Å². The van der Waals surface area contributed by atoms with Gasteiger partial charge in [0, 0.05) is 11.1 Å². The Balaban J connectivity index is 1.45. The molecule has 4 aromatic rings. The summed E-state index contributed by atoms with van der Waals surface area (Å²) in [4.78, 5) is 12.6. The highest BCUT2D eigenvalue weighted by Crippen LogP contribution is 2.25. The summed E-state index contributed by atoms with van der Waals surface area (Å²) in [6.45, 7) is 1.90. The van der Waals surface area contributed by atoms with Gasteiger partial charge >= 0.3 is 0 Å². The minimum Gasteiger partial charge on any atom is -0.508 e. The maximum absolute atomic E-state index is 12.6. The predicted octanol–water partition coefficient (Wildman–Crippen LogP) is 4.65. The minimum atomic E-state index is -0.182. The second-order valence-corrected chi connectivity index (χ2v) is 7.08. The first kappa shape index (κ1) is 19.3. The van der Waals surface area contributed by atoms with E-state index < -0.39 is 0 Å². The highest BCUT2D eigenvalue weighted by molar-refractivity contribution is 5.94. The molecule has 1 unspecified atom stereocenters. The van der Waals surface area contributed by atoms with E-state index in [0.717, 1.165) is 28.1 Å². The molecule has 1 aromatic heterocycles. The summed E-state index contributed by atoms with van der Waals surface area (Å²) in [6.07, 6.45) is 0. The van der Waals surface area contributed by atoms with Crippen molar-refractivity contribution in [2.45, 2.75) is 13.0 Å². The van der Waals surface area contributed by atoms with Crippen molar-refractivity contribution < 1.29 is 15.0 Å². The summed E-state index contributed by atoms with van der Waals surface area (Å²) in [5.41, 5.74) is 4.89. The highest BCUT2D eigenvalue weighted by atomic mass is 16.3. The van der Waals surface area contributed by atoms with Gasteiger partial charge in [-0.15, -0.1) is 0 Å². The Morgan fingerprint density at radius 2 is 1.43 bits per heavy atom. The Bertz CT molecular complexity index is 1150. The van der Waals surface area contributed by atoms with Gasteiger partial charge in [0.05, 0.1) is 17.4 Å². The van der Waals surface area contributed by atoms with Crippen LogP contribution in [0, 0.1) is 0 Å². The number of benzene rings is 3. The number of amides is 1. The van der Waals surface area contributed by atoms with Crippen LogP contribution in [-0.4, -0.2) is 26.3 Å². The molecular formula is C24H21N3O3. The first-order valence-corrected chi connectivity index (χ1v) is 9.54. The Morgan fingerprint density at radius 1 is 0.867 bits per heavy atom. The molecule has 150 valence electrons. The Hall–Kier alpha value is -4.06. The van der Waals surface area contributed by atoms with Gasteiger partial charge in [-0.3, -0.25) is 9.89 Å². The molecule has 1 heterocycles. The Morgan fingerprint density at radius 3 is 2.07 bits per heavy atom. The summed E-state index contributed by atoms with van der Waals surface area (Å²) in [7, 11) is 0. The molecule has 0 bridgehead atoms. The van der Waals surface area contributed by atoms with E-state index in [9.17, 15) is 15.0 Å². The van der Waals surface area contributed by atoms with E-state index in [4.69, 9.17) is 0 Å². The average molecular weight is 399 g/mol. The number of H-pyrrole nitrogens is 1. The smallest absolute Gasteiger partial charge is 0.251 e. The highest BCUT2D eigenvalue weighted by Gasteiger charge is 2.12. The molecule has 1 atom stereocenters. The predicted molar refractivity (Wildman–Crippen MR) is 115 cm³/mol. The number of rotatable bonds is 5. The fraction of sp³-hybridized carbons (Fsp3) is 0.0833. The number of aromatic hydroxyl groups is 2. The molecule has 0 aliphatic rings. The lowest BCUT2D eigenvalue weighted by molar-refractivity contribution is 0.0940. The van der Waals surface area contributed by atoms with Gasteiger partial charge < -0.3 is 15.5 Å². The normalized spacial score (nSPS) is 11.8. The zero-order valence-electron chi connectivity index (χ0n) is 16.3. The van der Waals surface area contributed by atoms with E-state index in [-0.39, 0.29) is 23.4 Å². The summed E-state index contributed by atoms with van der Waals surface area (Å²) < 4.78 is 0. The number of aromatic amines is 1. The van der Waals surface area contributed by atoms with E-state index >= 15 is 0 Å². The van der Waals surface area contributed by atoms with E-state index in [0.29, 0.717) is 5.56 Å². The van der Waals surface area contributed by atoms with E-state index in [1.807, 2.05) is 25.1 Å². The molecule has 6 heteroatoms. The van der Waals surface area contributed by atoms with Crippen LogP contribution >= 0.6 is 0 Å². The van der Waals surface area contributed by atoms with Crippen LogP contribution in [-0.2, 0) is 0 Å². The molecule has 1 amide bonds.